The summed E-state index contributed by atoms with van der Waals surface area (Å²) in [7, 11) is 0. The number of hydrogen-bond donors (Lipinski definition) is 0. The molecule has 0 atom stereocenters. The predicted octanol–water partition coefficient (Wildman–Crippen LogP) is 5.70. The van der Waals surface area contributed by atoms with Gasteiger partial charge in [0.1, 0.15) is 11.6 Å². The molecule has 0 fully saturated rings. The van der Waals surface area contributed by atoms with Crippen molar-refractivity contribution in [1.29, 1.82) is 0 Å². The fraction of sp³-hybridized carbons (Fsp3) is 0.0769. The van der Waals surface area contributed by atoms with E-state index in [1.807, 2.05) is 0 Å². The molecule has 0 aliphatic heterocycles. The topological polar surface area (TPSA) is 9.23 Å². The van der Waals surface area contributed by atoms with E-state index in [4.69, 9.17) is 23.2 Å². The average Bonchev–Trinajstić information content (AvgIpc) is 2.32. The summed E-state index contributed by atoms with van der Waals surface area (Å²) >= 11 is 11.5. The average molecular weight is 325 g/mol. The van der Waals surface area contributed by atoms with Crippen molar-refractivity contribution in [2.24, 2.45) is 0 Å². The first-order valence-corrected chi connectivity index (χ1v) is 6.02. The van der Waals surface area contributed by atoms with Crippen LogP contribution in [0, 0.1) is 5.82 Å². The molecule has 0 saturated heterocycles. The maximum absolute atomic E-state index is 13.5. The molecule has 2 rings (SSSR count). The molecule has 1 nitrogen and oxygen atoms in total. The van der Waals surface area contributed by atoms with Gasteiger partial charge in [0.2, 0.25) is 0 Å². The van der Waals surface area contributed by atoms with Crippen LogP contribution in [0.5, 0.6) is 5.75 Å². The van der Waals surface area contributed by atoms with Gasteiger partial charge < -0.3 is 4.74 Å². The lowest BCUT2D eigenvalue weighted by atomic mass is 10.1. The van der Waals surface area contributed by atoms with Crippen molar-refractivity contribution in [3.8, 4) is 16.9 Å². The maximum Gasteiger partial charge on any atom is 0.573 e. The molecule has 0 saturated carbocycles. The molecule has 0 heterocycles. The Morgan fingerprint density at radius 3 is 2.35 bits per heavy atom. The van der Waals surface area contributed by atoms with Crippen LogP contribution in [0.4, 0.5) is 17.6 Å². The molecule has 0 spiro atoms. The summed E-state index contributed by atoms with van der Waals surface area (Å²) in [6, 6.07) is 7.42. The molecule has 2 aromatic carbocycles. The standard InChI is InChI=1S/C13H6Cl2F4O/c14-8-5-10(12(15)11(16)6-8)7-2-1-3-9(4-7)20-13(17,18)19/h1-6H. The molecule has 20 heavy (non-hydrogen) atoms. The zero-order valence-corrected chi connectivity index (χ0v) is 11.2. The molecule has 0 aliphatic carbocycles. The fourth-order valence-electron chi connectivity index (χ4n) is 1.63. The van der Waals surface area contributed by atoms with Gasteiger partial charge in [-0.2, -0.15) is 0 Å². The predicted molar refractivity (Wildman–Crippen MR) is 68.5 cm³/mol. The van der Waals surface area contributed by atoms with Crippen molar-refractivity contribution in [2.75, 3.05) is 0 Å². The molecule has 2 aromatic rings. The number of benzene rings is 2. The third-order valence-electron chi connectivity index (χ3n) is 2.37. The summed E-state index contributed by atoms with van der Waals surface area (Å²) in [5.74, 6) is -1.18. The zero-order valence-electron chi connectivity index (χ0n) is 9.64. The lowest BCUT2D eigenvalue weighted by Crippen LogP contribution is -2.17. The van der Waals surface area contributed by atoms with Crippen molar-refractivity contribution in [1.82, 2.24) is 0 Å². The largest absolute Gasteiger partial charge is 0.573 e. The summed E-state index contributed by atoms with van der Waals surface area (Å²) in [5, 5.41) is -0.136. The van der Waals surface area contributed by atoms with Gasteiger partial charge in [0.05, 0.1) is 5.02 Å². The van der Waals surface area contributed by atoms with E-state index in [2.05, 4.69) is 4.74 Å². The van der Waals surface area contributed by atoms with Gasteiger partial charge >= 0.3 is 6.36 Å². The van der Waals surface area contributed by atoms with Gasteiger partial charge in [-0.1, -0.05) is 35.3 Å². The molecule has 0 aliphatic rings. The second-order valence-electron chi connectivity index (χ2n) is 3.82. The van der Waals surface area contributed by atoms with Gasteiger partial charge in [0, 0.05) is 10.6 Å². The Morgan fingerprint density at radius 1 is 1.00 bits per heavy atom. The highest BCUT2D eigenvalue weighted by Gasteiger charge is 2.31. The molecule has 0 N–H and O–H groups in total. The van der Waals surface area contributed by atoms with Crippen LogP contribution >= 0.6 is 23.2 Å². The highest BCUT2D eigenvalue weighted by atomic mass is 35.5. The summed E-state index contributed by atoms with van der Waals surface area (Å²) in [6.07, 6.45) is -4.80. The minimum atomic E-state index is -4.80. The Bertz CT molecular complexity index is 641. The molecular weight excluding hydrogens is 319 g/mol. The first kappa shape index (κ1) is 14.9. The molecule has 0 radical (unpaired) electrons. The second-order valence-corrected chi connectivity index (χ2v) is 4.64. The monoisotopic (exact) mass is 324 g/mol. The van der Waals surface area contributed by atoms with Crippen molar-refractivity contribution < 1.29 is 22.3 Å². The lowest BCUT2D eigenvalue weighted by molar-refractivity contribution is -0.274. The van der Waals surface area contributed by atoms with E-state index in [0.717, 1.165) is 18.2 Å². The molecule has 0 unspecified atom stereocenters. The normalized spacial score (nSPS) is 11.5. The van der Waals surface area contributed by atoms with Crippen LogP contribution in [0.3, 0.4) is 0 Å². The molecular formula is C13H6Cl2F4O. The van der Waals surface area contributed by atoms with Crippen molar-refractivity contribution in [2.45, 2.75) is 6.36 Å². The quantitative estimate of drug-likeness (QED) is 0.508. The van der Waals surface area contributed by atoms with Gasteiger partial charge in [-0.15, -0.1) is 13.2 Å². The van der Waals surface area contributed by atoms with E-state index in [9.17, 15) is 17.6 Å². The van der Waals surface area contributed by atoms with Crippen LogP contribution in [-0.2, 0) is 0 Å². The van der Waals surface area contributed by atoms with Gasteiger partial charge in [-0.3, -0.25) is 0 Å². The summed E-state index contributed by atoms with van der Waals surface area (Å²) in [4.78, 5) is 0. The van der Waals surface area contributed by atoms with Crippen LogP contribution in [0.25, 0.3) is 11.1 Å². The minimum absolute atomic E-state index is 0.0871. The molecule has 7 heteroatoms. The Morgan fingerprint density at radius 2 is 1.70 bits per heavy atom. The van der Waals surface area contributed by atoms with E-state index in [0.29, 0.717) is 0 Å². The van der Waals surface area contributed by atoms with Gasteiger partial charge in [-0.05, 0) is 29.8 Å². The van der Waals surface area contributed by atoms with Crippen molar-refractivity contribution >= 4 is 23.2 Å². The smallest absolute Gasteiger partial charge is 0.406 e. The summed E-state index contributed by atoms with van der Waals surface area (Å²) in [5.41, 5.74) is 0.447. The van der Waals surface area contributed by atoms with Crippen LogP contribution in [-0.4, -0.2) is 6.36 Å². The van der Waals surface area contributed by atoms with Crippen LogP contribution < -0.4 is 4.74 Å². The van der Waals surface area contributed by atoms with Gasteiger partial charge in [0.15, 0.2) is 0 Å². The Kier molecular flexibility index (Phi) is 4.11. The number of alkyl halides is 3. The first-order valence-electron chi connectivity index (χ1n) is 5.27. The SMILES string of the molecule is Fc1cc(Cl)cc(-c2cccc(OC(F)(F)F)c2)c1Cl. The first-order chi connectivity index (χ1) is 9.26. The third-order valence-corrected chi connectivity index (χ3v) is 2.97. The lowest BCUT2D eigenvalue weighted by Gasteiger charge is -2.11. The maximum atomic E-state index is 13.5. The number of rotatable bonds is 2. The van der Waals surface area contributed by atoms with E-state index in [-0.39, 0.29) is 21.2 Å². The third kappa shape index (κ3) is 3.55. The zero-order chi connectivity index (χ0) is 14.9. The Labute approximate surface area is 121 Å². The minimum Gasteiger partial charge on any atom is -0.406 e. The number of halogens is 6. The van der Waals surface area contributed by atoms with E-state index in [1.54, 1.807) is 0 Å². The van der Waals surface area contributed by atoms with E-state index >= 15 is 0 Å². The summed E-state index contributed by atoms with van der Waals surface area (Å²) < 4.78 is 53.7. The number of ether oxygens (including phenoxy) is 1. The van der Waals surface area contributed by atoms with Crippen LogP contribution in [0.15, 0.2) is 36.4 Å². The fourth-order valence-corrected chi connectivity index (χ4v) is 2.05. The van der Waals surface area contributed by atoms with Gasteiger partial charge in [-0.25, -0.2) is 4.39 Å². The number of hydrogen-bond acceptors (Lipinski definition) is 1. The molecule has 0 aromatic heterocycles. The molecule has 0 amide bonds. The van der Waals surface area contributed by atoms with E-state index < -0.39 is 17.9 Å². The molecule has 106 valence electrons. The van der Waals surface area contributed by atoms with Gasteiger partial charge in [0.25, 0.3) is 0 Å². The van der Waals surface area contributed by atoms with Crippen molar-refractivity contribution in [3.05, 3.63) is 52.3 Å². The van der Waals surface area contributed by atoms with Crippen molar-refractivity contribution in [3.63, 3.8) is 0 Å². The molecule has 0 bridgehead atoms. The highest BCUT2D eigenvalue weighted by molar-refractivity contribution is 6.35. The Hall–Kier alpha value is -1.46. The van der Waals surface area contributed by atoms with Crippen LogP contribution in [0.1, 0.15) is 0 Å². The van der Waals surface area contributed by atoms with E-state index in [1.165, 1.54) is 18.2 Å². The second kappa shape index (κ2) is 5.50. The highest BCUT2D eigenvalue weighted by Crippen LogP contribution is 2.35. The van der Waals surface area contributed by atoms with Crippen LogP contribution in [0.2, 0.25) is 10.0 Å². The summed E-state index contributed by atoms with van der Waals surface area (Å²) in [6.45, 7) is 0. The Balaban J connectivity index is 2.46.